The number of ether oxygens (including phenoxy) is 3. The molecule has 2 aliphatic rings. The lowest BCUT2D eigenvalue weighted by Gasteiger charge is -2.23. The Morgan fingerprint density at radius 2 is 2.04 bits per heavy atom. The zero-order valence-corrected chi connectivity index (χ0v) is 16.5. The largest absolute Gasteiger partial charge is 0.494 e. The normalized spacial score (nSPS) is 18.5. The summed E-state index contributed by atoms with van der Waals surface area (Å²) in [5.41, 5.74) is 9.08. The molecule has 1 heterocycles. The molecule has 0 spiro atoms. The average molecular weight is 382 g/mol. The predicted octanol–water partition coefficient (Wildman–Crippen LogP) is 3.41. The lowest BCUT2D eigenvalue weighted by molar-refractivity contribution is 0.104. The summed E-state index contributed by atoms with van der Waals surface area (Å²) in [7, 11) is 1.53. The highest BCUT2D eigenvalue weighted by Gasteiger charge is 2.36. The van der Waals surface area contributed by atoms with E-state index >= 15 is 0 Å². The van der Waals surface area contributed by atoms with Gasteiger partial charge in [-0.1, -0.05) is 12.1 Å². The minimum Gasteiger partial charge on any atom is -0.494 e. The molecule has 3 N–H and O–H groups in total. The van der Waals surface area contributed by atoms with Gasteiger partial charge >= 0.3 is 0 Å². The fourth-order valence-corrected chi connectivity index (χ4v) is 4.18. The van der Waals surface area contributed by atoms with Gasteiger partial charge in [-0.2, -0.15) is 0 Å². The molecule has 0 saturated carbocycles. The molecule has 0 bridgehead atoms. The molecule has 1 aliphatic heterocycles. The Hall–Kier alpha value is -2.73. The molecule has 28 heavy (non-hydrogen) atoms. The highest BCUT2D eigenvalue weighted by molar-refractivity contribution is 6.26. The Balaban J connectivity index is 1.85. The molecule has 1 fully saturated rings. The van der Waals surface area contributed by atoms with Crippen LogP contribution < -0.4 is 25.3 Å². The third-order valence-electron chi connectivity index (χ3n) is 5.54. The summed E-state index contributed by atoms with van der Waals surface area (Å²) < 4.78 is 17.6. The SMILES string of the molecule is CCOc1cc(OC)c(N)c2c1-c1c(OC(C)C3CCCN3)cccc1C2=O. The number of nitrogen functional groups attached to an aromatic ring is 1. The summed E-state index contributed by atoms with van der Waals surface area (Å²) >= 11 is 0. The number of hydrogen-bond donors (Lipinski definition) is 2. The highest BCUT2D eigenvalue weighted by Crippen LogP contribution is 2.52. The van der Waals surface area contributed by atoms with E-state index in [0.29, 0.717) is 52.3 Å². The van der Waals surface area contributed by atoms with Crippen LogP contribution in [0.15, 0.2) is 24.3 Å². The van der Waals surface area contributed by atoms with Crippen molar-refractivity contribution >= 4 is 11.5 Å². The first kappa shape index (κ1) is 18.6. The van der Waals surface area contributed by atoms with Gasteiger partial charge in [-0.15, -0.1) is 0 Å². The Labute approximate surface area is 165 Å². The van der Waals surface area contributed by atoms with E-state index in [-0.39, 0.29) is 11.9 Å². The summed E-state index contributed by atoms with van der Waals surface area (Å²) in [6.45, 7) is 5.45. The van der Waals surface area contributed by atoms with Gasteiger partial charge in [0.2, 0.25) is 0 Å². The number of rotatable bonds is 6. The Kier molecular flexibility index (Phi) is 4.89. The first-order chi connectivity index (χ1) is 13.6. The average Bonchev–Trinajstić information content (AvgIpc) is 3.32. The smallest absolute Gasteiger partial charge is 0.196 e. The van der Waals surface area contributed by atoms with Crippen LogP contribution in [0.3, 0.4) is 0 Å². The number of fused-ring (bicyclic) bond motifs is 3. The van der Waals surface area contributed by atoms with Crippen LogP contribution in [-0.2, 0) is 0 Å². The van der Waals surface area contributed by atoms with Crippen molar-refractivity contribution in [3.05, 3.63) is 35.4 Å². The van der Waals surface area contributed by atoms with E-state index in [9.17, 15) is 4.79 Å². The molecule has 6 heteroatoms. The number of methoxy groups -OCH3 is 1. The lowest BCUT2D eigenvalue weighted by Crippen LogP contribution is -2.36. The van der Waals surface area contributed by atoms with E-state index in [2.05, 4.69) is 12.2 Å². The van der Waals surface area contributed by atoms with Gasteiger partial charge in [0.1, 0.15) is 23.4 Å². The molecule has 6 nitrogen and oxygen atoms in total. The van der Waals surface area contributed by atoms with Crippen LogP contribution >= 0.6 is 0 Å². The van der Waals surface area contributed by atoms with Crippen molar-refractivity contribution in [3.8, 4) is 28.4 Å². The molecule has 1 saturated heterocycles. The molecule has 0 aromatic heterocycles. The number of ketones is 1. The van der Waals surface area contributed by atoms with E-state index in [1.807, 2.05) is 25.1 Å². The van der Waals surface area contributed by atoms with Gasteiger partial charge in [-0.05, 0) is 39.3 Å². The molecule has 1 aliphatic carbocycles. The Bertz CT molecular complexity index is 919. The Morgan fingerprint density at radius 1 is 1.21 bits per heavy atom. The van der Waals surface area contributed by atoms with Crippen LogP contribution in [0.2, 0.25) is 0 Å². The number of benzene rings is 2. The van der Waals surface area contributed by atoms with E-state index in [0.717, 1.165) is 24.9 Å². The summed E-state index contributed by atoms with van der Waals surface area (Å²) in [5.74, 6) is 1.57. The van der Waals surface area contributed by atoms with Gasteiger partial charge in [-0.25, -0.2) is 0 Å². The third-order valence-corrected chi connectivity index (χ3v) is 5.54. The molecule has 2 aromatic carbocycles. The maximum atomic E-state index is 13.2. The summed E-state index contributed by atoms with van der Waals surface area (Å²) in [4.78, 5) is 13.2. The lowest BCUT2D eigenvalue weighted by atomic mass is 10.0. The van der Waals surface area contributed by atoms with Crippen LogP contribution in [0.1, 0.15) is 42.6 Å². The maximum Gasteiger partial charge on any atom is 0.196 e. The molecule has 2 atom stereocenters. The second-order valence-corrected chi connectivity index (χ2v) is 7.21. The molecule has 148 valence electrons. The standard InChI is InChI=1S/C22H26N2O4/c1-4-27-16-11-17(26-3)21(23)20-19(16)18-13(22(20)25)7-5-9-15(18)28-12(2)14-8-6-10-24-14/h5,7,9,11-12,14,24H,4,6,8,10,23H2,1-3H3. The number of nitrogens with two attached hydrogens (primary N) is 1. The first-order valence-corrected chi connectivity index (χ1v) is 9.78. The summed E-state index contributed by atoms with van der Waals surface area (Å²) in [5, 5.41) is 3.47. The van der Waals surface area contributed by atoms with Crippen molar-refractivity contribution in [2.75, 3.05) is 26.0 Å². The van der Waals surface area contributed by atoms with Crippen LogP contribution in [0, 0.1) is 0 Å². The van der Waals surface area contributed by atoms with Gasteiger partial charge in [0, 0.05) is 28.8 Å². The van der Waals surface area contributed by atoms with E-state index < -0.39 is 0 Å². The molecular formula is C22H26N2O4. The van der Waals surface area contributed by atoms with Crippen molar-refractivity contribution in [1.82, 2.24) is 5.32 Å². The second kappa shape index (κ2) is 7.36. The molecule has 2 aromatic rings. The minimum atomic E-state index is -0.126. The van der Waals surface area contributed by atoms with Crippen molar-refractivity contribution in [3.63, 3.8) is 0 Å². The van der Waals surface area contributed by atoms with Crippen molar-refractivity contribution in [2.24, 2.45) is 0 Å². The van der Waals surface area contributed by atoms with Gasteiger partial charge in [-0.3, -0.25) is 4.79 Å². The van der Waals surface area contributed by atoms with Crippen LogP contribution in [0.5, 0.6) is 17.2 Å². The minimum absolute atomic E-state index is 0.0145. The van der Waals surface area contributed by atoms with Gasteiger partial charge < -0.3 is 25.3 Å². The number of carbonyl (C=O) groups is 1. The monoisotopic (exact) mass is 382 g/mol. The van der Waals surface area contributed by atoms with E-state index in [4.69, 9.17) is 19.9 Å². The third kappa shape index (κ3) is 2.88. The number of hydrogen-bond acceptors (Lipinski definition) is 6. The highest BCUT2D eigenvalue weighted by atomic mass is 16.5. The van der Waals surface area contributed by atoms with Gasteiger partial charge in [0.05, 0.1) is 25.0 Å². The number of carbonyl (C=O) groups excluding carboxylic acids is 1. The van der Waals surface area contributed by atoms with Crippen molar-refractivity contribution < 1.29 is 19.0 Å². The van der Waals surface area contributed by atoms with Crippen molar-refractivity contribution in [2.45, 2.75) is 38.8 Å². The maximum absolute atomic E-state index is 13.2. The zero-order valence-electron chi connectivity index (χ0n) is 16.5. The molecule has 4 rings (SSSR count). The predicted molar refractivity (Wildman–Crippen MR) is 109 cm³/mol. The zero-order chi connectivity index (χ0) is 19.8. The first-order valence-electron chi connectivity index (χ1n) is 9.78. The molecular weight excluding hydrogens is 356 g/mol. The second-order valence-electron chi connectivity index (χ2n) is 7.21. The van der Waals surface area contributed by atoms with E-state index in [1.54, 1.807) is 6.07 Å². The number of nitrogens with one attached hydrogen (secondary N) is 1. The van der Waals surface area contributed by atoms with Gasteiger partial charge in [0.15, 0.2) is 5.78 Å². The van der Waals surface area contributed by atoms with Crippen molar-refractivity contribution in [1.29, 1.82) is 0 Å². The summed E-state index contributed by atoms with van der Waals surface area (Å²) in [6, 6.07) is 7.62. The van der Waals surface area contributed by atoms with Crippen LogP contribution in [0.25, 0.3) is 11.1 Å². The fourth-order valence-electron chi connectivity index (χ4n) is 4.18. The summed E-state index contributed by atoms with van der Waals surface area (Å²) in [6.07, 6.45) is 2.22. The molecule has 2 unspecified atom stereocenters. The molecule has 0 radical (unpaired) electrons. The Morgan fingerprint density at radius 3 is 2.71 bits per heavy atom. The number of anilines is 1. The fraction of sp³-hybridized carbons (Fsp3) is 0.409. The van der Waals surface area contributed by atoms with Gasteiger partial charge in [0.25, 0.3) is 0 Å². The van der Waals surface area contributed by atoms with Crippen LogP contribution in [0.4, 0.5) is 5.69 Å². The molecule has 0 amide bonds. The van der Waals surface area contributed by atoms with Crippen LogP contribution in [-0.4, -0.2) is 38.2 Å². The van der Waals surface area contributed by atoms with E-state index in [1.165, 1.54) is 7.11 Å². The quantitative estimate of drug-likeness (QED) is 0.636. The topological polar surface area (TPSA) is 82.8 Å².